The van der Waals surface area contributed by atoms with Crippen LogP contribution in [0.4, 0.5) is 5.82 Å². The summed E-state index contributed by atoms with van der Waals surface area (Å²) in [6.45, 7) is 2.62. The molecule has 25 heavy (non-hydrogen) atoms. The van der Waals surface area contributed by atoms with Crippen LogP contribution in [0.1, 0.15) is 10.6 Å². The Kier molecular flexibility index (Phi) is 3.93. The Balaban J connectivity index is 1.52. The summed E-state index contributed by atoms with van der Waals surface area (Å²) in [5.74, 6) is 0.898. The second-order valence-electron chi connectivity index (χ2n) is 6.00. The number of H-pyrrole nitrogens is 1. The molecular weight excluding hydrogens is 318 g/mol. The van der Waals surface area contributed by atoms with Crippen molar-refractivity contribution >= 4 is 22.7 Å². The third kappa shape index (κ3) is 2.98. The lowest BCUT2D eigenvalue weighted by molar-refractivity contribution is -0.364. The maximum absolute atomic E-state index is 12.7. The van der Waals surface area contributed by atoms with Crippen molar-refractivity contribution in [1.29, 1.82) is 0 Å². The Labute approximate surface area is 144 Å². The van der Waals surface area contributed by atoms with Crippen LogP contribution in [-0.4, -0.2) is 37.0 Å². The van der Waals surface area contributed by atoms with Gasteiger partial charge in [-0.25, -0.2) is 4.98 Å². The van der Waals surface area contributed by atoms with Crippen molar-refractivity contribution in [2.24, 2.45) is 0 Å². The molecule has 1 N–H and O–H groups in total. The Morgan fingerprint density at radius 2 is 1.76 bits per heavy atom. The number of nitrogens with zero attached hydrogens (tertiary/aromatic N) is 2. The van der Waals surface area contributed by atoms with E-state index in [2.05, 4.69) is 9.88 Å². The molecule has 3 aromatic rings. The van der Waals surface area contributed by atoms with Crippen LogP contribution in [0.5, 0.6) is 0 Å². The van der Waals surface area contributed by atoms with E-state index < -0.39 is 0 Å². The zero-order chi connectivity index (χ0) is 17.2. The minimum atomic E-state index is -0.237. The Morgan fingerprint density at radius 3 is 2.52 bits per heavy atom. The molecule has 3 heterocycles. The summed E-state index contributed by atoms with van der Waals surface area (Å²) < 4.78 is 5.66. The highest BCUT2D eigenvalue weighted by Crippen LogP contribution is 2.15. The van der Waals surface area contributed by atoms with Crippen LogP contribution in [-0.2, 0) is 0 Å². The number of hydrogen-bond acceptors (Lipinski definition) is 4. The van der Waals surface area contributed by atoms with Gasteiger partial charge in [-0.3, -0.25) is 14.5 Å². The summed E-state index contributed by atoms with van der Waals surface area (Å²) >= 11 is 0. The predicted octanol–water partition coefficient (Wildman–Crippen LogP) is 1.57. The first-order valence-corrected chi connectivity index (χ1v) is 8.26. The van der Waals surface area contributed by atoms with Gasteiger partial charge in [0.2, 0.25) is 0 Å². The number of aromatic nitrogens is 1. The molecule has 6 nitrogen and oxygen atoms in total. The summed E-state index contributed by atoms with van der Waals surface area (Å²) in [6, 6.07) is 14.2. The molecule has 1 saturated heterocycles. The molecule has 1 amide bonds. The molecule has 126 valence electrons. The zero-order valence-corrected chi connectivity index (χ0v) is 13.6. The number of fused-ring (bicyclic) bond motifs is 1. The van der Waals surface area contributed by atoms with Gasteiger partial charge in [0, 0.05) is 12.1 Å². The number of carbonyl (C=O) groups is 1. The average Bonchev–Trinajstić information content (AvgIpc) is 2.68. The number of pyridine rings is 1. The molecule has 2 aromatic heterocycles. The standard InChI is InChI=1S/C19H17N3O3/c23-15-13-17(25-16-6-2-1-5-14(15)16)19(24)22-11-9-21(10-12-22)18-7-3-4-8-20-18/h1-8,13H,9-12H2/p+1. The van der Waals surface area contributed by atoms with Crippen LogP contribution in [0.15, 0.2) is 63.9 Å². The maximum Gasteiger partial charge on any atom is 0.290 e. The number of anilines is 1. The number of rotatable bonds is 2. The Morgan fingerprint density at radius 1 is 1.00 bits per heavy atom. The van der Waals surface area contributed by atoms with Crippen molar-refractivity contribution in [2.45, 2.75) is 0 Å². The van der Waals surface area contributed by atoms with E-state index in [0.717, 1.165) is 18.9 Å². The topological polar surface area (TPSA) is 67.9 Å². The molecule has 0 aliphatic carbocycles. The second kappa shape index (κ2) is 6.39. The zero-order valence-electron chi connectivity index (χ0n) is 13.6. The lowest BCUT2D eigenvalue weighted by Crippen LogP contribution is -2.50. The van der Waals surface area contributed by atoms with E-state index >= 15 is 0 Å². The van der Waals surface area contributed by atoms with Crippen LogP contribution in [0.25, 0.3) is 11.0 Å². The molecule has 0 atom stereocenters. The van der Waals surface area contributed by atoms with Crippen LogP contribution in [0.3, 0.4) is 0 Å². The first kappa shape index (κ1) is 15.4. The van der Waals surface area contributed by atoms with Gasteiger partial charge >= 0.3 is 0 Å². The van der Waals surface area contributed by atoms with E-state index in [1.165, 1.54) is 6.07 Å². The molecule has 0 saturated carbocycles. The third-order valence-electron chi connectivity index (χ3n) is 4.45. The van der Waals surface area contributed by atoms with Gasteiger partial charge in [0.25, 0.3) is 11.7 Å². The summed E-state index contributed by atoms with van der Waals surface area (Å²) in [5, 5.41) is 0.489. The van der Waals surface area contributed by atoms with E-state index in [1.54, 1.807) is 29.2 Å². The number of benzene rings is 1. The number of amides is 1. The largest absolute Gasteiger partial charge is 0.451 e. The highest BCUT2D eigenvalue weighted by molar-refractivity contribution is 5.93. The normalized spacial score (nSPS) is 14.7. The lowest BCUT2D eigenvalue weighted by Gasteiger charge is -2.30. The smallest absolute Gasteiger partial charge is 0.290 e. The van der Waals surface area contributed by atoms with E-state index in [9.17, 15) is 9.59 Å². The fraction of sp³-hybridized carbons (Fsp3) is 0.211. The van der Waals surface area contributed by atoms with Crippen molar-refractivity contribution in [2.75, 3.05) is 31.1 Å². The van der Waals surface area contributed by atoms with Crippen molar-refractivity contribution in [3.63, 3.8) is 0 Å². The third-order valence-corrected chi connectivity index (χ3v) is 4.45. The van der Waals surface area contributed by atoms with Gasteiger partial charge in [0.1, 0.15) is 18.7 Å². The number of aromatic amines is 1. The van der Waals surface area contributed by atoms with Gasteiger partial charge in [-0.2, -0.15) is 0 Å². The molecule has 1 aliphatic heterocycles. The fourth-order valence-electron chi connectivity index (χ4n) is 3.10. The quantitative estimate of drug-likeness (QED) is 0.712. The molecule has 6 heteroatoms. The number of piperazine rings is 1. The first-order chi connectivity index (χ1) is 12.2. The molecular formula is C19H18N3O3+. The SMILES string of the molecule is O=C(c1cc(=O)c2ccccc2o1)N1CCN(c2cccc[nH+]2)CC1. The molecule has 0 spiro atoms. The molecule has 4 rings (SSSR count). The highest BCUT2D eigenvalue weighted by atomic mass is 16.3. The summed E-state index contributed by atoms with van der Waals surface area (Å²) in [4.78, 5) is 32.0. The molecule has 0 unspecified atom stereocenters. The molecule has 1 aromatic carbocycles. The van der Waals surface area contributed by atoms with Crippen LogP contribution >= 0.6 is 0 Å². The highest BCUT2D eigenvalue weighted by Gasteiger charge is 2.28. The minimum Gasteiger partial charge on any atom is -0.451 e. The van der Waals surface area contributed by atoms with E-state index in [-0.39, 0.29) is 17.1 Å². The van der Waals surface area contributed by atoms with Gasteiger partial charge in [0.15, 0.2) is 11.2 Å². The van der Waals surface area contributed by atoms with Crippen LogP contribution in [0.2, 0.25) is 0 Å². The lowest BCUT2D eigenvalue weighted by atomic mass is 10.2. The number of para-hydroxylation sites is 1. The van der Waals surface area contributed by atoms with Gasteiger partial charge in [-0.15, -0.1) is 0 Å². The molecule has 0 radical (unpaired) electrons. The van der Waals surface area contributed by atoms with Gasteiger partial charge in [0.05, 0.1) is 24.7 Å². The minimum absolute atomic E-state index is 0.100. The summed E-state index contributed by atoms with van der Waals surface area (Å²) in [7, 11) is 0. The molecule has 1 aliphatic rings. The van der Waals surface area contributed by atoms with Crippen molar-refractivity contribution < 1.29 is 14.2 Å². The number of hydrogen-bond donors (Lipinski definition) is 0. The number of carbonyl (C=O) groups excluding carboxylic acids is 1. The summed E-state index contributed by atoms with van der Waals surface area (Å²) in [6.07, 6.45) is 1.89. The van der Waals surface area contributed by atoms with Crippen LogP contribution < -0.4 is 15.3 Å². The fourth-order valence-corrected chi connectivity index (χ4v) is 3.10. The van der Waals surface area contributed by atoms with E-state index in [1.807, 2.05) is 24.4 Å². The molecule has 0 bridgehead atoms. The van der Waals surface area contributed by atoms with E-state index in [4.69, 9.17) is 4.42 Å². The Hall–Kier alpha value is -3.15. The molecule has 1 fully saturated rings. The maximum atomic E-state index is 12.7. The second-order valence-corrected chi connectivity index (χ2v) is 6.00. The van der Waals surface area contributed by atoms with Crippen LogP contribution in [0, 0.1) is 0 Å². The van der Waals surface area contributed by atoms with Gasteiger partial charge < -0.3 is 9.32 Å². The monoisotopic (exact) mass is 336 g/mol. The van der Waals surface area contributed by atoms with E-state index in [0.29, 0.717) is 24.1 Å². The van der Waals surface area contributed by atoms with Gasteiger partial charge in [-0.05, 0) is 18.2 Å². The van der Waals surface area contributed by atoms with Crippen molar-refractivity contribution in [3.8, 4) is 0 Å². The van der Waals surface area contributed by atoms with Crippen molar-refractivity contribution in [1.82, 2.24) is 4.90 Å². The number of nitrogens with one attached hydrogen (secondary N) is 1. The Bertz CT molecular complexity index is 960. The van der Waals surface area contributed by atoms with Crippen molar-refractivity contribution in [3.05, 3.63) is 70.7 Å². The summed E-state index contributed by atoms with van der Waals surface area (Å²) in [5.41, 5.74) is 0.249. The first-order valence-electron chi connectivity index (χ1n) is 8.26. The van der Waals surface area contributed by atoms with Gasteiger partial charge in [-0.1, -0.05) is 18.2 Å². The average molecular weight is 336 g/mol. The predicted molar refractivity (Wildman–Crippen MR) is 93.6 cm³/mol.